The average molecular weight is 202 g/mol. The van der Waals surface area contributed by atoms with Gasteiger partial charge in [0.2, 0.25) is 0 Å². The summed E-state index contributed by atoms with van der Waals surface area (Å²) in [5.41, 5.74) is 3.40. The molecule has 0 unspecified atom stereocenters. The highest BCUT2D eigenvalue weighted by Gasteiger charge is 2.02. The van der Waals surface area contributed by atoms with Gasteiger partial charge in [0, 0.05) is 0 Å². The molecule has 1 aromatic rings. The monoisotopic (exact) mass is 202 g/mol. The summed E-state index contributed by atoms with van der Waals surface area (Å²) in [4.78, 5) is 0. The highest BCUT2D eigenvalue weighted by molar-refractivity contribution is 6.46. The molecule has 0 bridgehead atoms. The minimum Gasteiger partial charge on any atom is -0.449 e. The van der Waals surface area contributed by atoms with Crippen LogP contribution in [0.3, 0.4) is 0 Å². The largest absolute Gasteiger partial charge is 0.449 e. The molecule has 1 rings (SSSR count). The van der Waals surface area contributed by atoms with Gasteiger partial charge in [-0.15, -0.1) is 0 Å². The van der Waals surface area contributed by atoms with E-state index < -0.39 is 0 Å². The summed E-state index contributed by atoms with van der Waals surface area (Å²) >= 11 is 0. The van der Waals surface area contributed by atoms with Crippen LogP contribution in [-0.4, -0.2) is 12.5 Å². The molecule has 0 heterocycles. The minimum atomic E-state index is 0.114. The Kier molecular flexibility index (Phi) is 4.63. The SMILES string of the molecule is Cc1cccc(BO)c1/C=C\CC(C)C. The van der Waals surface area contributed by atoms with Crippen LogP contribution in [0.4, 0.5) is 0 Å². The van der Waals surface area contributed by atoms with Gasteiger partial charge >= 0.3 is 7.48 Å². The Hall–Kier alpha value is -1.02. The van der Waals surface area contributed by atoms with Crippen molar-refractivity contribution in [1.29, 1.82) is 0 Å². The molecule has 0 fully saturated rings. The normalized spacial score (nSPS) is 11.3. The zero-order valence-electron chi connectivity index (χ0n) is 9.83. The smallest absolute Gasteiger partial charge is 0.305 e. The Labute approximate surface area is 93.1 Å². The van der Waals surface area contributed by atoms with E-state index in [1.165, 1.54) is 11.1 Å². The van der Waals surface area contributed by atoms with Gasteiger partial charge in [-0.1, -0.05) is 44.2 Å². The third-order valence-corrected chi connectivity index (χ3v) is 2.48. The van der Waals surface area contributed by atoms with Crippen molar-refractivity contribution in [3.63, 3.8) is 0 Å². The Balaban J connectivity index is 2.87. The molecule has 0 amide bonds. The van der Waals surface area contributed by atoms with E-state index in [9.17, 15) is 5.02 Å². The molecule has 1 nitrogen and oxygen atoms in total. The van der Waals surface area contributed by atoms with Crippen LogP contribution in [-0.2, 0) is 0 Å². The van der Waals surface area contributed by atoms with Gasteiger partial charge < -0.3 is 5.02 Å². The summed E-state index contributed by atoms with van der Waals surface area (Å²) < 4.78 is 0. The Morgan fingerprint density at radius 1 is 1.40 bits per heavy atom. The van der Waals surface area contributed by atoms with Gasteiger partial charge in [-0.3, -0.25) is 0 Å². The second kappa shape index (κ2) is 5.77. The van der Waals surface area contributed by atoms with E-state index in [0.717, 1.165) is 11.9 Å². The van der Waals surface area contributed by atoms with E-state index in [-0.39, 0.29) is 7.48 Å². The van der Waals surface area contributed by atoms with Crippen LogP contribution in [0.1, 0.15) is 31.4 Å². The Bertz CT molecular complexity index is 342. The second-order valence-corrected chi connectivity index (χ2v) is 4.34. The van der Waals surface area contributed by atoms with Crippen LogP contribution in [0.25, 0.3) is 6.08 Å². The highest BCUT2D eigenvalue weighted by Crippen LogP contribution is 2.09. The molecule has 1 N–H and O–H groups in total. The number of allylic oxidation sites excluding steroid dienone is 1. The first-order valence-corrected chi connectivity index (χ1v) is 5.51. The van der Waals surface area contributed by atoms with Crippen molar-refractivity contribution in [1.82, 2.24) is 0 Å². The molecular formula is C13H19BO. The summed E-state index contributed by atoms with van der Waals surface area (Å²) in [7, 11) is 0.114. The van der Waals surface area contributed by atoms with Crippen LogP contribution in [0.15, 0.2) is 24.3 Å². The van der Waals surface area contributed by atoms with Crippen LogP contribution >= 0.6 is 0 Å². The number of hydrogen-bond acceptors (Lipinski definition) is 1. The van der Waals surface area contributed by atoms with E-state index in [1.807, 2.05) is 12.1 Å². The number of benzene rings is 1. The van der Waals surface area contributed by atoms with E-state index in [2.05, 4.69) is 39.0 Å². The molecule has 0 saturated carbocycles. The molecule has 0 aliphatic heterocycles. The standard InChI is InChI=1S/C13H19BO/c1-10(2)6-4-8-12-11(3)7-5-9-13(12)14-15/h4-5,7-10,14-15H,6H2,1-3H3/b8-4-. The molecule has 0 saturated heterocycles. The molecule has 0 aromatic heterocycles. The molecule has 0 radical (unpaired) electrons. The molecule has 2 heteroatoms. The summed E-state index contributed by atoms with van der Waals surface area (Å²) in [6, 6.07) is 6.04. The molecule has 0 aliphatic carbocycles. The van der Waals surface area contributed by atoms with Gasteiger partial charge in [0.05, 0.1) is 0 Å². The van der Waals surface area contributed by atoms with Crippen LogP contribution in [0.5, 0.6) is 0 Å². The molecule has 0 atom stereocenters. The van der Waals surface area contributed by atoms with Crippen LogP contribution in [0, 0.1) is 12.8 Å². The topological polar surface area (TPSA) is 20.2 Å². The van der Waals surface area contributed by atoms with E-state index >= 15 is 0 Å². The fourth-order valence-corrected chi connectivity index (χ4v) is 1.58. The fourth-order valence-electron chi connectivity index (χ4n) is 1.58. The van der Waals surface area contributed by atoms with Gasteiger partial charge in [-0.25, -0.2) is 0 Å². The van der Waals surface area contributed by atoms with E-state index in [4.69, 9.17) is 0 Å². The maximum atomic E-state index is 9.22. The molecule has 0 aliphatic rings. The summed E-state index contributed by atoms with van der Waals surface area (Å²) in [6.45, 7) is 6.48. The number of rotatable bonds is 4. The lowest BCUT2D eigenvalue weighted by Crippen LogP contribution is -2.17. The van der Waals surface area contributed by atoms with Gasteiger partial charge in [0.1, 0.15) is 0 Å². The first-order chi connectivity index (χ1) is 7.15. The lowest BCUT2D eigenvalue weighted by molar-refractivity contribution is 0.615. The van der Waals surface area contributed by atoms with Crippen molar-refractivity contribution in [2.45, 2.75) is 27.2 Å². The summed E-state index contributed by atoms with van der Waals surface area (Å²) in [5.74, 6) is 0.683. The lowest BCUT2D eigenvalue weighted by atomic mass is 9.82. The van der Waals surface area contributed by atoms with Crippen molar-refractivity contribution >= 4 is 19.0 Å². The van der Waals surface area contributed by atoms with Gasteiger partial charge in [-0.2, -0.15) is 0 Å². The third-order valence-electron chi connectivity index (χ3n) is 2.48. The molecule has 80 valence electrons. The van der Waals surface area contributed by atoms with Crippen LogP contribution < -0.4 is 5.46 Å². The summed E-state index contributed by atoms with van der Waals surface area (Å²) in [6.07, 6.45) is 5.40. The first kappa shape index (κ1) is 12.1. The number of hydrogen-bond donors (Lipinski definition) is 1. The second-order valence-electron chi connectivity index (χ2n) is 4.34. The zero-order chi connectivity index (χ0) is 11.3. The van der Waals surface area contributed by atoms with Crippen molar-refractivity contribution in [3.05, 3.63) is 35.4 Å². The van der Waals surface area contributed by atoms with Gasteiger partial charge in [0.25, 0.3) is 0 Å². The predicted molar refractivity (Wildman–Crippen MR) is 68.7 cm³/mol. The van der Waals surface area contributed by atoms with E-state index in [1.54, 1.807) is 0 Å². The lowest BCUT2D eigenvalue weighted by Gasteiger charge is -2.06. The molecular weight excluding hydrogens is 183 g/mol. The quantitative estimate of drug-likeness (QED) is 0.740. The summed E-state index contributed by atoms with van der Waals surface area (Å²) in [5, 5.41) is 9.22. The van der Waals surface area contributed by atoms with Crippen molar-refractivity contribution in [2.75, 3.05) is 0 Å². The molecule has 0 spiro atoms. The number of aryl methyl sites for hydroxylation is 1. The minimum absolute atomic E-state index is 0.114. The highest BCUT2D eigenvalue weighted by atomic mass is 16.2. The van der Waals surface area contributed by atoms with Crippen molar-refractivity contribution in [2.24, 2.45) is 5.92 Å². The molecule has 15 heavy (non-hydrogen) atoms. The Morgan fingerprint density at radius 3 is 2.73 bits per heavy atom. The van der Waals surface area contributed by atoms with Crippen LogP contribution in [0.2, 0.25) is 0 Å². The fraction of sp³-hybridized carbons (Fsp3) is 0.385. The van der Waals surface area contributed by atoms with Crippen molar-refractivity contribution < 1.29 is 5.02 Å². The first-order valence-electron chi connectivity index (χ1n) is 5.51. The van der Waals surface area contributed by atoms with Crippen molar-refractivity contribution in [3.8, 4) is 0 Å². The van der Waals surface area contributed by atoms with Gasteiger partial charge in [0.15, 0.2) is 0 Å². The van der Waals surface area contributed by atoms with E-state index in [0.29, 0.717) is 5.92 Å². The zero-order valence-corrected chi connectivity index (χ0v) is 9.83. The maximum Gasteiger partial charge on any atom is 0.305 e. The van der Waals surface area contributed by atoms with Gasteiger partial charge in [-0.05, 0) is 35.9 Å². The predicted octanol–water partition coefficient (Wildman–Crippen LogP) is 2.02. The Morgan fingerprint density at radius 2 is 2.13 bits per heavy atom. The maximum absolute atomic E-state index is 9.22. The third kappa shape index (κ3) is 3.56. The molecule has 1 aromatic carbocycles. The average Bonchev–Trinajstić information content (AvgIpc) is 2.20.